The van der Waals surface area contributed by atoms with E-state index in [4.69, 9.17) is 5.11 Å². The van der Waals surface area contributed by atoms with Gasteiger partial charge in [-0.05, 0) is 6.42 Å². The number of carbonyl (C=O) groups excluding carboxylic acids is 1. The largest absolute Gasteiger partial charge is 0.480 e. The predicted molar refractivity (Wildman–Crippen MR) is 42.6 cm³/mol. The van der Waals surface area contributed by atoms with Gasteiger partial charge in [-0.25, -0.2) is 4.79 Å². The molecule has 0 radical (unpaired) electrons. The Hall–Kier alpha value is -1.32. The number of carboxylic acids is 1. The third kappa shape index (κ3) is 1.64. The van der Waals surface area contributed by atoms with Crippen molar-refractivity contribution in [1.29, 1.82) is 0 Å². The fourth-order valence-electron chi connectivity index (χ4n) is 1.25. The maximum absolute atomic E-state index is 10.9. The van der Waals surface area contributed by atoms with E-state index in [0.717, 1.165) is 0 Å². The van der Waals surface area contributed by atoms with Gasteiger partial charge in [-0.1, -0.05) is 12.2 Å². The maximum atomic E-state index is 10.9. The van der Waals surface area contributed by atoms with Crippen molar-refractivity contribution < 1.29 is 14.7 Å². The second-order valence-corrected chi connectivity index (χ2v) is 2.73. The fourth-order valence-corrected chi connectivity index (χ4v) is 1.25. The average molecular weight is 169 g/mol. The van der Waals surface area contributed by atoms with Gasteiger partial charge in [-0.3, -0.25) is 4.79 Å². The quantitative estimate of drug-likeness (QED) is 0.572. The van der Waals surface area contributed by atoms with Crippen molar-refractivity contribution >= 4 is 11.9 Å². The molecule has 66 valence electrons. The van der Waals surface area contributed by atoms with Gasteiger partial charge in [-0.15, -0.1) is 0 Å². The number of hydrogen-bond acceptors (Lipinski definition) is 2. The van der Waals surface area contributed by atoms with Gasteiger partial charge in [0.05, 0.1) is 0 Å². The SMILES string of the molecule is CC(=O)N1CC=CC[C@H]1C(=O)O. The van der Waals surface area contributed by atoms with Crippen LogP contribution in [-0.4, -0.2) is 34.5 Å². The summed E-state index contributed by atoms with van der Waals surface area (Å²) in [7, 11) is 0. The minimum atomic E-state index is -0.936. The molecule has 0 saturated heterocycles. The van der Waals surface area contributed by atoms with Gasteiger partial charge in [-0.2, -0.15) is 0 Å². The van der Waals surface area contributed by atoms with Crippen LogP contribution in [-0.2, 0) is 9.59 Å². The first-order chi connectivity index (χ1) is 5.63. The van der Waals surface area contributed by atoms with Crippen LogP contribution >= 0.6 is 0 Å². The van der Waals surface area contributed by atoms with E-state index in [1.807, 2.05) is 0 Å². The summed E-state index contributed by atoms with van der Waals surface area (Å²) in [6, 6.07) is -0.674. The van der Waals surface area contributed by atoms with Gasteiger partial charge in [0.2, 0.25) is 5.91 Å². The molecule has 0 aromatic carbocycles. The summed E-state index contributed by atoms with van der Waals surface area (Å²) in [4.78, 5) is 22.9. The smallest absolute Gasteiger partial charge is 0.326 e. The number of hydrogen-bond donors (Lipinski definition) is 1. The molecule has 0 unspecified atom stereocenters. The van der Waals surface area contributed by atoms with E-state index in [9.17, 15) is 9.59 Å². The van der Waals surface area contributed by atoms with Crippen molar-refractivity contribution in [1.82, 2.24) is 4.90 Å². The van der Waals surface area contributed by atoms with Crippen molar-refractivity contribution in [2.45, 2.75) is 19.4 Å². The molecule has 0 aliphatic carbocycles. The third-order valence-corrected chi connectivity index (χ3v) is 1.89. The molecule has 12 heavy (non-hydrogen) atoms. The van der Waals surface area contributed by atoms with Gasteiger partial charge in [0.15, 0.2) is 0 Å². The van der Waals surface area contributed by atoms with E-state index in [1.54, 1.807) is 12.2 Å². The molecular formula is C8H11NO3. The molecule has 1 heterocycles. The lowest BCUT2D eigenvalue weighted by Crippen LogP contribution is -2.45. The van der Waals surface area contributed by atoms with Crippen molar-refractivity contribution in [3.8, 4) is 0 Å². The fraction of sp³-hybridized carbons (Fsp3) is 0.500. The first kappa shape index (κ1) is 8.77. The zero-order valence-corrected chi connectivity index (χ0v) is 6.86. The molecule has 1 N–H and O–H groups in total. The summed E-state index contributed by atoms with van der Waals surface area (Å²) in [5, 5.41) is 8.73. The van der Waals surface area contributed by atoms with Crippen molar-refractivity contribution in [3.05, 3.63) is 12.2 Å². The van der Waals surface area contributed by atoms with Gasteiger partial charge in [0, 0.05) is 13.5 Å². The first-order valence-corrected chi connectivity index (χ1v) is 3.78. The zero-order chi connectivity index (χ0) is 9.14. The Morgan fingerprint density at radius 3 is 2.58 bits per heavy atom. The van der Waals surface area contributed by atoms with E-state index in [0.29, 0.717) is 13.0 Å². The van der Waals surface area contributed by atoms with Gasteiger partial charge in [0.1, 0.15) is 6.04 Å². The lowest BCUT2D eigenvalue weighted by molar-refractivity contribution is -0.149. The van der Waals surface area contributed by atoms with Crippen LogP contribution in [0, 0.1) is 0 Å². The zero-order valence-electron chi connectivity index (χ0n) is 6.86. The highest BCUT2D eigenvalue weighted by Crippen LogP contribution is 2.11. The number of aliphatic carboxylic acids is 1. The summed E-state index contributed by atoms with van der Waals surface area (Å²) in [6.07, 6.45) is 4.01. The summed E-state index contributed by atoms with van der Waals surface area (Å²) in [5.41, 5.74) is 0. The molecule has 1 rings (SSSR count). The van der Waals surface area contributed by atoms with E-state index in [-0.39, 0.29) is 5.91 Å². The van der Waals surface area contributed by atoms with E-state index in [1.165, 1.54) is 11.8 Å². The molecule has 1 aliphatic heterocycles. The molecule has 0 aromatic rings. The van der Waals surface area contributed by atoms with Gasteiger partial charge >= 0.3 is 5.97 Å². The van der Waals surface area contributed by atoms with Crippen LogP contribution in [0.3, 0.4) is 0 Å². The number of rotatable bonds is 1. The molecule has 0 spiro atoms. The van der Waals surface area contributed by atoms with Crippen LogP contribution in [0.5, 0.6) is 0 Å². The Bertz CT molecular complexity index is 210. The average Bonchev–Trinajstić information content (AvgIpc) is 2.04. The highest BCUT2D eigenvalue weighted by molar-refractivity contribution is 5.82. The van der Waals surface area contributed by atoms with Crippen molar-refractivity contribution in [2.24, 2.45) is 0 Å². The Labute approximate surface area is 70.5 Å². The second kappa shape index (κ2) is 3.38. The number of nitrogens with zero attached hydrogens (tertiary/aromatic N) is 1. The Morgan fingerprint density at radius 2 is 2.17 bits per heavy atom. The summed E-state index contributed by atoms with van der Waals surface area (Å²) >= 11 is 0. The van der Waals surface area contributed by atoms with Crippen LogP contribution < -0.4 is 0 Å². The normalized spacial score (nSPS) is 22.4. The van der Waals surface area contributed by atoms with E-state index < -0.39 is 12.0 Å². The maximum Gasteiger partial charge on any atom is 0.326 e. The molecule has 1 atom stereocenters. The number of amides is 1. The Morgan fingerprint density at radius 1 is 1.50 bits per heavy atom. The molecule has 1 aliphatic rings. The second-order valence-electron chi connectivity index (χ2n) is 2.73. The van der Waals surface area contributed by atoms with Gasteiger partial charge in [0.25, 0.3) is 0 Å². The topological polar surface area (TPSA) is 57.6 Å². The summed E-state index contributed by atoms with van der Waals surface area (Å²) in [6.45, 7) is 1.79. The number of carbonyl (C=O) groups is 2. The molecule has 1 amide bonds. The third-order valence-electron chi connectivity index (χ3n) is 1.89. The summed E-state index contributed by atoms with van der Waals surface area (Å²) in [5.74, 6) is -1.12. The van der Waals surface area contributed by atoms with Crippen LogP contribution in [0.1, 0.15) is 13.3 Å². The van der Waals surface area contributed by atoms with Crippen molar-refractivity contribution in [2.75, 3.05) is 6.54 Å². The molecule has 4 nitrogen and oxygen atoms in total. The Kier molecular flexibility index (Phi) is 2.47. The van der Waals surface area contributed by atoms with Crippen LogP contribution in [0.25, 0.3) is 0 Å². The van der Waals surface area contributed by atoms with E-state index in [2.05, 4.69) is 0 Å². The minimum Gasteiger partial charge on any atom is -0.480 e. The number of carboxylic acid groups (broad SMARTS) is 1. The van der Waals surface area contributed by atoms with Gasteiger partial charge < -0.3 is 10.0 Å². The Balaban J connectivity index is 2.76. The van der Waals surface area contributed by atoms with Crippen LogP contribution in [0.15, 0.2) is 12.2 Å². The highest BCUT2D eigenvalue weighted by Gasteiger charge is 2.27. The first-order valence-electron chi connectivity index (χ1n) is 3.78. The predicted octanol–water partition coefficient (Wildman–Crippen LogP) is 0.248. The van der Waals surface area contributed by atoms with Crippen LogP contribution in [0.4, 0.5) is 0 Å². The lowest BCUT2D eigenvalue weighted by atomic mass is 10.1. The molecule has 0 saturated carbocycles. The van der Waals surface area contributed by atoms with Crippen LogP contribution in [0.2, 0.25) is 0 Å². The molecule has 4 heteroatoms. The molecule has 0 bridgehead atoms. The molecule has 0 fully saturated rings. The molecule has 0 aromatic heterocycles. The lowest BCUT2D eigenvalue weighted by Gasteiger charge is -2.28. The monoisotopic (exact) mass is 169 g/mol. The molecular weight excluding hydrogens is 158 g/mol. The highest BCUT2D eigenvalue weighted by atomic mass is 16.4. The standard InChI is InChI=1S/C8H11NO3/c1-6(10)9-5-3-2-4-7(9)8(11)12/h2-3,7H,4-5H2,1H3,(H,11,12)/t7-/m0/s1. The minimum absolute atomic E-state index is 0.188. The van der Waals surface area contributed by atoms with Crippen molar-refractivity contribution in [3.63, 3.8) is 0 Å². The summed E-state index contributed by atoms with van der Waals surface area (Å²) < 4.78 is 0. The van der Waals surface area contributed by atoms with E-state index >= 15 is 0 Å².